The topological polar surface area (TPSA) is 98.0 Å². The molecule has 1 fully saturated rings. The Hall–Kier alpha value is -2.96. The van der Waals surface area contributed by atoms with Gasteiger partial charge in [0.05, 0.1) is 21.7 Å². The molecule has 1 aliphatic rings. The molecule has 0 radical (unpaired) electrons. The molecule has 2 aromatic carbocycles. The summed E-state index contributed by atoms with van der Waals surface area (Å²) < 4.78 is 61.7. The molecule has 2 heterocycles. The lowest BCUT2D eigenvalue weighted by atomic mass is 10.2. The van der Waals surface area contributed by atoms with Gasteiger partial charge in [-0.25, -0.2) is 17.2 Å². The highest BCUT2D eigenvalue weighted by Gasteiger charge is 2.39. The van der Waals surface area contributed by atoms with E-state index < -0.39 is 39.6 Å². The predicted molar refractivity (Wildman–Crippen MR) is 120 cm³/mol. The van der Waals surface area contributed by atoms with Gasteiger partial charge in [0.2, 0.25) is 10.0 Å². The van der Waals surface area contributed by atoms with Crippen LogP contribution in [0, 0.1) is 11.6 Å². The van der Waals surface area contributed by atoms with Crippen molar-refractivity contribution < 1.29 is 31.5 Å². The van der Waals surface area contributed by atoms with E-state index in [-0.39, 0.29) is 41.3 Å². The van der Waals surface area contributed by atoms with Crippen molar-refractivity contribution in [3.8, 4) is 0 Å². The number of benzene rings is 2. The van der Waals surface area contributed by atoms with Crippen molar-refractivity contribution in [3.63, 3.8) is 0 Å². The summed E-state index contributed by atoms with van der Waals surface area (Å²) in [5.41, 5.74) is 0.106. The lowest BCUT2D eigenvalue weighted by Gasteiger charge is -2.21. The highest BCUT2D eigenvalue weighted by Crippen LogP contribution is 2.27. The molecule has 1 saturated heterocycles. The molecule has 1 unspecified atom stereocenters. The Morgan fingerprint density at radius 3 is 2.62 bits per heavy atom. The minimum absolute atomic E-state index is 0.0594. The second-order valence-electron chi connectivity index (χ2n) is 7.54. The van der Waals surface area contributed by atoms with Crippen LogP contribution >= 0.6 is 11.3 Å². The van der Waals surface area contributed by atoms with E-state index in [9.17, 15) is 26.8 Å². The Morgan fingerprint density at radius 1 is 1.18 bits per heavy atom. The van der Waals surface area contributed by atoms with E-state index in [0.29, 0.717) is 11.1 Å². The molecule has 0 N–H and O–H groups in total. The maximum absolute atomic E-state index is 14.6. The summed E-state index contributed by atoms with van der Waals surface area (Å²) in [6.07, 6.45) is 0.691. The SMILES string of the molecule is CCOC(=O)Cn1c(=NC(=O)C2CCCN2S(=O)(=O)c2ccc(F)cc2)sc2cccc(F)c21. The van der Waals surface area contributed by atoms with Crippen molar-refractivity contribution >= 4 is 43.5 Å². The van der Waals surface area contributed by atoms with Gasteiger partial charge in [-0.3, -0.25) is 9.59 Å². The number of halogens is 2. The van der Waals surface area contributed by atoms with Gasteiger partial charge in [-0.2, -0.15) is 9.30 Å². The number of rotatable bonds is 6. The van der Waals surface area contributed by atoms with E-state index >= 15 is 0 Å². The van der Waals surface area contributed by atoms with Crippen LogP contribution in [-0.2, 0) is 30.9 Å². The zero-order valence-electron chi connectivity index (χ0n) is 18.1. The molecule has 34 heavy (non-hydrogen) atoms. The number of thiazole rings is 1. The number of ether oxygens (including phenoxy) is 1. The fourth-order valence-corrected chi connectivity index (χ4v) is 6.54. The van der Waals surface area contributed by atoms with Gasteiger partial charge in [0.15, 0.2) is 4.80 Å². The van der Waals surface area contributed by atoms with Crippen molar-refractivity contribution in [2.24, 2.45) is 4.99 Å². The number of aromatic nitrogens is 1. The molecule has 0 aliphatic carbocycles. The van der Waals surface area contributed by atoms with Gasteiger partial charge in [-0.1, -0.05) is 17.4 Å². The molecule has 180 valence electrons. The second-order valence-corrected chi connectivity index (χ2v) is 10.4. The van der Waals surface area contributed by atoms with Crippen molar-refractivity contribution in [3.05, 3.63) is 58.9 Å². The summed E-state index contributed by atoms with van der Waals surface area (Å²) in [5, 5.41) is 0. The third-order valence-electron chi connectivity index (χ3n) is 5.36. The number of carbonyl (C=O) groups is 2. The standard InChI is InChI=1S/C22H21F2N3O5S2/c1-2-32-19(28)13-26-20-16(24)5-3-7-18(20)33-22(26)25-21(29)17-6-4-12-27(17)34(30,31)15-10-8-14(23)9-11-15/h3,5,7-11,17H,2,4,6,12-13H2,1H3. The molecule has 1 atom stereocenters. The van der Waals surface area contributed by atoms with Crippen LogP contribution in [0.4, 0.5) is 8.78 Å². The number of amides is 1. The Labute approximate surface area is 198 Å². The van der Waals surface area contributed by atoms with E-state index in [1.165, 1.54) is 16.7 Å². The number of nitrogens with zero attached hydrogens (tertiary/aromatic N) is 3. The summed E-state index contributed by atoms with van der Waals surface area (Å²) in [7, 11) is -4.06. The van der Waals surface area contributed by atoms with Crippen LogP contribution in [0.2, 0.25) is 0 Å². The molecule has 8 nitrogen and oxygen atoms in total. The average Bonchev–Trinajstić information content (AvgIpc) is 3.41. The molecule has 0 saturated carbocycles. The van der Waals surface area contributed by atoms with Crippen LogP contribution in [0.15, 0.2) is 52.4 Å². The summed E-state index contributed by atoms with van der Waals surface area (Å²) in [4.78, 5) is 29.3. The minimum atomic E-state index is -4.06. The van der Waals surface area contributed by atoms with E-state index in [0.717, 1.165) is 39.9 Å². The number of para-hydroxylation sites is 1. The van der Waals surface area contributed by atoms with Crippen molar-refractivity contribution in [1.82, 2.24) is 8.87 Å². The highest BCUT2D eigenvalue weighted by atomic mass is 32.2. The van der Waals surface area contributed by atoms with Gasteiger partial charge in [0, 0.05) is 6.54 Å². The Morgan fingerprint density at radius 2 is 1.91 bits per heavy atom. The van der Waals surface area contributed by atoms with Crippen LogP contribution in [0.5, 0.6) is 0 Å². The Kier molecular flexibility index (Phi) is 6.91. The molecule has 4 rings (SSSR count). The zero-order valence-corrected chi connectivity index (χ0v) is 19.7. The lowest BCUT2D eigenvalue weighted by Crippen LogP contribution is -2.40. The fraction of sp³-hybridized carbons (Fsp3) is 0.318. The first-order valence-electron chi connectivity index (χ1n) is 10.5. The largest absolute Gasteiger partial charge is 0.465 e. The summed E-state index contributed by atoms with van der Waals surface area (Å²) >= 11 is 1.01. The number of carbonyl (C=O) groups excluding carboxylic acids is 2. The molecule has 1 amide bonds. The molecule has 12 heteroatoms. The molecule has 0 spiro atoms. The van der Waals surface area contributed by atoms with Gasteiger partial charge in [-0.15, -0.1) is 0 Å². The second kappa shape index (κ2) is 9.72. The van der Waals surface area contributed by atoms with Crippen LogP contribution < -0.4 is 4.80 Å². The fourth-order valence-electron chi connectivity index (χ4n) is 3.84. The molecule has 3 aromatic rings. The van der Waals surface area contributed by atoms with Crippen LogP contribution in [0.25, 0.3) is 10.2 Å². The third-order valence-corrected chi connectivity index (χ3v) is 8.33. The monoisotopic (exact) mass is 509 g/mol. The Bertz CT molecular complexity index is 1410. The van der Waals surface area contributed by atoms with Gasteiger partial charge >= 0.3 is 5.97 Å². The van der Waals surface area contributed by atoms with Crippen LogP contribution in [-0.4, -0.2) is 48.4 Å². The first kappa shape index (κ1) is 24.2. The van der Waals surface area contributed by atoms with Gasteiger partial charge in [0.1, 0.15) is 24.2 Å². The minimum Gasteiger partial charge on any atom is -0.465 e. The maximum Gasteiger partial charge on any atom is 0.326 e. The zero-order chi connectivity index (χ0) is 24.5. The van der Waals surface area contributed by atoms with Crippen LogP contribution in [0.3, 0.4) is 0 Å². The summed E-state index contributed by atoms with van der Waals surface area (Å²) in [6, 6.07) is 7.66. The number of fused-ring (bicyclic) bond motifs is 1. The predicted octanol–water partition coefficient (Wildman–Crippen LogP) is 2.82. The third kappa shape index (κ3) is 4.65. The summed E-state index contributed by atoms with van der Waals surface area (Å²) in [5.74, 6) is -2.52. The molecule has 1 aliphatic heterocycles. The van der Waals surface area contributed by atoms with Gasteiger partial charge in [-0.05, 0) is 56.2 Å². The number of hydrogen-bond acceptors (Lipinski definition) is 6. The molecule has 1 aromatic heterocycles. The quantitative estimate of drug-likeness (QED) is 0.476. The summed E-state index contributed by atoms with van der Waals surface area (Å²) in [6.45, 7) is 1.52. The van der Waals surface area contributed by atoms with Gasteiger partial charge < -0.3 is 9.30 Å². The maximum atomic E-state index is 14.6. The molecular formula is C22H21F2N3O5S2. The lowest BCUT2D eigenvalue weighted by molar-refractivity contribution is -0.143. The van der Waals surface area contributed by atoms with Crippen LogP contribution in [0.1, 0.15) is 19.8 Å². The van der Waals surface area contributed by atoms with Gasteiger partial charge in [0.25, 0.3) is 5.91 Å². The average molecular weight is 510 g/mol. The van der Waals surface area contributed by atoms with E-state index in [1.54, 1.807) is 13.0 Å². The highest BCUT2D eigenvalue weighted by molar-refractivity contribution is 7.89. The normalized spacial score (nSPS) is 17.4. The smallest absolute Gasteiger partial charge is 0.326 e. The van der Waals surface area contributed by atoms with Crippen molar-refractivity contribution in [2.75, 3.05) is 13.2 Å². The molecular weight excluding hydrogens is 488 g/mol. The molecule has 0 bridgehead atoms. The number of hydrogen-bond donors (Lipinski definition) is 0. The first-order valence-corrected chi connectivity index (χ1v) is 12.8. The Balaban J connectivity index is 1.73. The van der Waals surface area contributed by atoms with E-state index in [1.807, 2.05) is 0 Å². The van der Waals surface area contributed by atoms with E-state index in [2.05, 4.69) is 4.99 Å². The van der Waals surface area contributed by atoms with Crippen molar-refractivity contribution in [2.45, 2.75) is 37.2 Å². The number of esters is 1. The first-order chi connectivity index (χ1) is 16.2. The van der Waals surface area contributed by atoms with Crippen molar-refractivity contribution in [1.29, 1.82) is 0 Å². The van der Waals surface area contributed by atoms with E-state index in [4.69, 9.17) is 4.74 Å². The number of sulfonamides is 1.